The Kier molecular flexibility index (Phi) is 5.78. The molecule has 122 valence electrons. The second kappa shape index (κ2) is 7.22. The molecule has 0 atom stereocenters. The normalized spacial score (nSPS) is 15.9. The molecular weight excluding hydrogens is 310 g/mol. The fourth-order valence-corrected chi connectivity index (χ4v) is 4.00. The number of phenolic OH excluding ortho intramolecular Hbond substituents is 1. The molecule has 0 unspecified atom stereocenters. The Balaban J connectivity index is 2.06. The van der Waals surface area contributed by atoms with Gasteiger partial charge in [0, 0.05) is 18.8 Å². The van der Waals surface area contributed by atoms with Gasteiger partial charge in [0.1, 0.15) is 10.1 Å². The standard InChI is InChI=1S/C18H27NOS2/c1-13-10-14(11-15(16(13)20)18(2,3)4)12-22-17(21)19-8-6-5-7-9-19/h10-11,20H,5-9,12H2,1-4H3. The molecular formula is C18H27NOS2. The lowest BCUT2D eigenvalue weighted by atomic mass is 9.84. The predicted octanol–water partition coefficient (Wildman–Crippen LogP) is 5.00. The summed E-state index contributed by atoms with van der Waals surface area (Å²) in [6.45, 7) is 10.6. The zero-order valence-electron chi connectivity index (χ0n) is 14.1. The van der Waals surface area contributed by atoms with Crippen molar-refractivity contribution in [3.63, 3.8) is 0 Å². The van der Waals surface area contributed by atoms with Crippen molar-refractivity contribution in [2.75, 3.05) is 13.1 Å². The summed E-state index contributed by atoms with van der Waals surface area (Å²) in [6.07, 6.45) is 3.84. The number of phenols is 1. The highest BCUT2D eigenvalue weighted by atomic mass is 32.2. The highest BCUT2D eigenvalue weighted by Crippen LogP contribution is 2.35. The van der Waals surface area contributed by atoms with Crippen molar-refractivity contribution < 1.29 is 5.11 Å². The van der Waals surface area contributed by atoms with Crippen molar-refractivity contribution in [1.29, 1.82) is 0 Å². The second-order valence-electron chi connectivity index (χ2n) is 7.16. The van der Waals surface area contributed by atoms with Gasteiger partial charge in [0.05, 0.1) is 0 Å². The highest BCUT2D eigenvalue weighted by Gasteiger charge is 2.20. The molecule has 1 aliphatic heterocycles. The first-order valence-corrected chi connectivity index (χ1v) is 9.43. The number of likely N-dealkylation sites (tertiary alicyclic amines) is 1. The molecule has 1 heterocycles. The Morgan fingerprint density at radius 3 is 2.45 bits per heavy atom. The van der Waals surface area contributed by atoms with Crippen LogP contribution < -0.4 is 0 Å². The maximum Gasteiger partial charge on any atom is 0.136 e. The fraction of sp³-hybridized carbons (Fsp3) is 0.611. The third-order valence-electron chi connectivity index (χ3n) is 4.14. The van der Waals surface area contributed by atoms with E-state index in [1.165, 1.54) is 24.8 Å². The molecule has 0 bridgehead atoms. The molecule has 1 fully saturated rings. The van der Waals surface area contributed by atoms with Crippen LogP contribution in [0.15, 0.2) is 12.1 Å². The highest BCUT2D eigenvalue weighted by molar-refractivity contribution is 8.22. The van der Waals surface area contributed by atoms with E-state index in [2.05, 4.69) is 37.8 Å². The fourth-order valence-electron chi connectivity index (χ4n) is 2.82. The van der Waals surface area contributed by atoms with E-state index in [9.17, 15) is 5.11 Å². The molecule has 0 amide bonds. The van der Waals surface area contributed by atoms with Gasteiger partial charge in [-0.25, -0.2) is 0 Å². The second-order valence-corrected chi connectivity index (χ2v) is 8.77. The van der Waals surface area contributed by atoms with Crippen LogP contribution in [0.4, 0.5) is 0 Å². The van der Waals surface area contributed by atoms with Gasteiger partial charge >= 0.3 is 0 Å². The molecule has 1 aromatic rings. The van der Waals surface area contributed by atoms with E-state index in [4.69, 9.17) is 12.2 Å². The van der Waals surface area contributed by atoms with Crippen molar-refractivity contribution in [1.82, 2.24) is 4.90 Å². The van der Waals surface area contributed by atoms with Gasteiger partial charge in [-0.15, -0.1) is 0 Å². The Morgan fingerprint density at radius 1 is 1.23 bits per heavy atom. The van der Waals surface area contributed by atoms with Crippen molar-refractivity contribution in [3.8, 4) is 5.75 Å². The van der Waals surface area contributed by atoms with Crippen LogP contribution in [-0.4, -0.2) is 27.4 Å². The molecule has 2 nitrogen and oxygen atoms in total. The van der Waals surface area contributed by atoms with Gasteiger partial charge in [-0.3, -0.25) is 0 Å². The molecule has 0 aromatic heterocycles. The van der Waals surface area contributed by atoms with Crippen LogP contribution in [0, 0.1) is 6.92 Å². The maximum absolute atomic E-state index is 10.3. The predicted molar refractivity (Wildman–Crippen MR) is 101 cm³/mol. The molecule has 0 saturated carbocycles. The zero-order chi connectivity index (χ0) is 16.3. The van der Waals surface area contributed by atoms with Gasteiger partial charge in [-0.1, -0.05) is 56.9 Å². The van der Waals surface area contributed by atoms with Gasteiger partial charge < -0.3 is 10.0 Å². The molecule has 1 aliphatic rings. The van der Waals surface area contributed by atoms with Gasteiger partial charge in [0.25, 0.3) is 0 Å². The summed E-state index contributed by atoms with van der Waals surface area (Å²) >= 11 is 7.32. The molecule has 0 spiro atoms. The summed E-state index contributed by atoms with van der Waals surface area (Å²) in [5.41, 5.74) is 3.16. The van der Waals surface area contributed by atoms with Crippen LogP contribution >= 0.6 is 24.0 Å². The van der Waals surface area contributed by atoms with Crippen molar-refractivity contribution >= 4 is 28.3 Å². The number of hydrogen-bond donors (Lipinski definition) is 1. The number of piperidine rings is 1. The number of nitrogens with zero attached hydrogens (tertiary/aromatic N) is 1. The van der Waals surface area contributed by atoms with E-state index in [0.717, 1.165) is 34.3 Å². The summed E-state index contributed by atoms with van der Waals surface area (Å²) in [7, 11) is 0. The zero-order valence-corrected chi connectivity index (χ0v) is 15.7. The van der Waals surface area contributed by atoms with E-state index in [1.54, 1.807) is 11.8 Å². The Morgan fingerprint density at radius 2 is 1.86 bits per heavy atom. The largest absolute Gasteiger partial charge is 0.507 e. The number of aromatic hydroxyl groups is 1. The van der Waals surface area contributed by atoms with Crippen LogP contribution in [0.2, 0.25) is 0 Å². The maximum atomic E-state index is 10.3. The van der Waals surface area contributed by atoms with Crippen LogP contribution in [-0.2, 0) is 11.2 Å². The third kappa shape index (κ3) is 4.39. The molecule has 4 heteroatoms. The minimum Gasteiger partial charge on any atom is -0.507 e. The van der Waals surface area contributed by atoms with E-state index >= 15 is 0 Å². The van der Waals surface area contributed by atoms with Crippen LogP contribution in [0.25, 0.3) is 0 Å². The van der Waals surface area contributed by atoms with Crippen molar-refractivity contribution in [2.24, 2.45) is 0 Å². The molecule has 1 N–H and O–H groups in total. The number of benzene rings is 1. The number of hydrogen-bond acceptors (Lipinski definition) is 3. The summed E-state index contributed by atoms with van der Waals surface area (Å²) in [6, 6.07) is 4.21. The average molecular weight is 338 g/mol. The lowest BCUT2D eigenvalue weighted by Gasteiger charge is -2.28. The van der Waals surface area contributed by atoms with Gasteiger partial charge in [-0.2, -0.15) is 0 Å². The van der Waals surface area contributed by atoms with Gasteiger partial charge in [-0.05, 0) is 48.3 Å². The summed E-state index contributed by atoms with van der Waals surface area (Å²) < 4.78 is 1.02. The van der Waals surface area contributed by atoms with E-state index in [1.807, 2.05) is 6.92 Å². The smallest absolute Gasteiger partial charge is 0.136 e. The van der Waals surface area contributed by atoms with Gasteiger partial charge in [0.15, 0.2) is 0 Å². The van der Waals surface area contributed by atoms with Crippen LogP contribution in [0.3, 0.4) is 0 Å². The SMILES string of the molecule is Cc1cc(CSC(=S)N2CCCCC2)cc(C(C)(C)C)c1O. The first-order valence-electron chi connectivity index (χ1n) is 8.03. The molecule has 0 aliphatic carbocycles. The number of thioether (sulfide) groups is 1. The summed E-state index contributed by atoms with van der Waals surface area (Å²) in [5, 5.41) is 10.3. The molecule has 2 rings (SSSR count). The lowest BCUT2D eigenvalue weighted by molar-refractivity contribution is 0.352. The van der Waals surface area contributed by atoms with E-state index in [0.29, 0.717) is 5.75 Å². The Hall–Kier alpha value is -0.740. The van der Waals surface area contributed by atoms with E-state index in [-0.39, 0.29) is 5.41 Å². The van der Waals surface area contributed by atoms with Crippen LogP contribution in [0.5, 0.6) is 5.75 Å². The van der Waals surface area contributed by atoms with Crippen molar-refractivity contribution in [3.05, 3.63) is 28.8 Å². The quantitative estimate of drug-likeness (QED) is 0.767. The Labute approximate surface area is 144 Å². The number of aryl methyl sites for hydroxylation is 1. The third-order valence-corrected chi connectivity index (χ3v) is 5.74. The first-order chi connectivity index (χ1) is 10.3. The lowest BCUT2D eigenvalue weighted by Crippen LogP contribution is -2.32. The summed E-state index contributed by atoms with van der Waals surface area (Å²) in [4.78, 5) is 2.33. The summed E-state index contributed by atoms with van der Waals surface area (Å²) in [5.74, 6) is 1.30. The minimum atomic E-state index is -0.0527. The molecule has 1 saturated heterocycles. The molecule has 22 heavy (non-hydrogen) atoms. The van der Waals surface area contributed by atoms with Gasteiger partial charge in [0.2, 0.25) is 0 Å². The monoisotopic (exact) mass is 337 g/mol. The topological polar surface area (TPSA) is 23.5 Å². The number of rotatable bonds is 2. The number of thiocarbonyl (C=S) groups is 1. The first kappa shape index (κ1) is 17.6. The average Bonchev–Trinajstić information content (AvgIpc) is 2.47. The minimum absolute atomic E-state index is 0.0527. The van der Waals surface area contributed by atoms with Crippen LogP contribution in [0.1, 0.15) is 56.7 Å². The molecule has 1 aromatic carbocycles. The van der Waals surface area contributed by atoms with Crippen molar-refractivity contribution in [2.45, 2.75) is 58.1 Å². The molecule has 0 radical (unpaired) electrons. The van der Waals surface area contributed by atoms with E-state index < -0.39 is 0 Å². The Bertz CT molecular complexity index is 543.